The van der Waals surface area contributed by atoms with Gasteiger partial charge < -0.3 is 5.32 Å². The van der Waals surface area contributed by atoms with Crippen LogP contribution in [-0.2, 0) is 10.0 Å². The normalized spacial score (nSPS) is 21.1. The van der Waals surface area contributed by atoms with E-state index in [4.69, 9.17) is 0 Å². The molecule has 6 heteroatoms. The van der Waals surface area contributed by atoms with Gasteiger partial charge in [0.2, 0.25) is 0 Å². The number of hydrogen-bond acceptors (Lipinski definition) is 4. The predicted octanol–water partition coefficient (Wildman–Crippen LogP) is 1.69. The molecule has 5 nitrogen and oxygen atoms in total. The number of nitrogens with zero attached hydrogens (tertiary/aromatic N) is 2. The van der Waals surface area contributed by atoms with Gasteiger partial charge in [-0.3, -0.25) is 0 Å². The van der Waals surface area contributed by atoms with Crippen LogP contribution < -0.4 is 5.32 Å². The fourth-order valence-corrected chi connectivity index (χ4v) is 4.08. The van der Waals surface area contributed by atoms with Gasteiger partial charge in [0.1, 0.15) is 0 Å². The summed E-state index contributed by atoms with van der Waals surface area (Å²) in [6.07, 6.45) is 3.36. The summed E-state index contributed by atoms with van der Waals surface area (Å²) in [7, 11) is -3.48. The van der Waals surface area contributed by atoms with Crippen molar-refractivity contribution >= 4 is 15.7 Å². The van der Waals surface area contributed by atoms with E-state index in [9.17, 15) is 8.42 Å². The second kappa shape index (κ2) is 5.24. The van der Waals surface area contributed by atoms with Gasteiger partial charge >= 0.3 is 0 Å². The van der Waals surface area contributed by atoms with Crippen molar-refractivity contribution in [3.8, 4) is 0 Å². The maximum absolute atomic E-state index is 12.6. The van der Waals surface area contributed by atoms with Crippen LogP contribution in [0.15, 0.2) is 23.4 Å². The highest BCUT2D eigenvalue weighted by molar-refractivity contribution is 7.89. The number of pyridine rings is 1. The van der Waals surface area contributed by atoms with E-state index in [-0.39, 0.29) is 11.1 Å². The molecule has 0 aromatic carbocycles. The van der Waals surface area contributed by atoms with Crippen molar-refractivity contribution in [2.45, 2.75) is 37.8 Å². The van der Waals surface area contributed by atoms with Crippen LogP contribution in [-0.4, -0.2) is 36.8 Å². The third kappa shape index (κ3) is 2.35. The summed E-state index contributed by atoms with van der Waals surface area (Å²) in [6.45, 7) is 5.14. The lowest BCUT2D eigenvalue weighted by Gasteiger charge is -2.21. The smallest absolute Gasteiger partial charge is 0.262 e. The number of sulfonamides is 1. The molecule has 100 valence electrons. The average Bonchev–Trinajstić information content (AvgIpc) is 2.77. The molecule has 0 saturated carbocycles. The molecular formula is C12H19N3O2S. The summed E-state index contributed by atoms with van der Waals surface area (Å²) >= 11 is 0. The Morgan fingerprint density at radius 2 is 2.33 bits per heavy atom. The number of rotatable bonds is 4. The Kier molecular flexibility index (Phi) is 3.87. The van der Waals surface area contributed by atoms with E-state index in [1.54, 1.807) is 16.4 Å². The molecule has 0 radical (unpaired) electrons. The minimum absolute atomic E-state index is 0.0616. The standard InChI is InChI=1S/C12H19N3O2S/c1-3-13-11-7-4-8-14-12(11)18(16,17)15-9-5-6-10(15)2/h4,7-8,10,13H,3,5-6,9H2,1-2H3. The van der Waals surface area contributed by atoms with Gasteiger partial charge in [-0.25, -0.2) is 13.4 Å². The first-order chi connectivity index (χ1) is 8.57. The molecular weight excluding hydrogens is 250 g/mol. The average molecular weight is 269 g/mol. The molecule has 1 unspecified atom stereocenters. The first-order valence-electron chi connectivity index (χ1n) is 6.28. The van der Waals surface area contributed by atoms with Crippen molar-refractivity contribution in [2.24, 2.45) is 0 Å². The van der Waals surface area contributed by atoms with Gasteiger partial charge in [-0.05, 0) is 38.8 Å². The quantitative estimate of drug-likeness (QED) is 0.903. The minimum atomic E-state index is -3.48. The Labute approximate surface area is 108 Å². The SMILES string of the molecule is CCNc1cccnc1S(=O)(=O)N1CCCC1C. The molecule has 1 atom stereocenters. The second-order valence-corrected chi connectivity index (χ2v) is 6.30. The Morgan fingerprint density at radius 1 is 1.56 bits per heavy atom. The van der Waals surface area contributed by atoms with E-state index < -0.39 is 10.0 Å². The summed E-state index contributed by atoms with van der Waals surface area (Å²) in [5, 5.41) is 3.19. The lowest BCUT2D eigenvalue weighted by molar-refractivity contribution is 0.406. The minimum Gasteiger partial charge on any atom is -0.383 e. The summed E-state index contributed by atoms with van der Waals surface area (Å²) in [5.74, 6) is 0. The van der Waals surface area contributed by atoms with Crippen LogP contribution in [0.3, 0.4) is 0 Å². The predicted molar refractivity (Wildman–Crippen MR) is 71.0 cm³/mol. The van der Waals surface area contributed by atoms with Crippen LogP contribution in [0.25, 0.3) is 0 Å². The molecule has 1 aromatic rings. The third-order valence-electron chi connectivity index (χ3n) is 3.18. The maximum Gasteiger partial charge on any atom is 0.262 e. The number of nitrogens with one attached hydrogen (secondary N) is 1. The zero-order chi connectivity index (χ0) is 13.2. The molecule has 0 bridgehead atoms. The molecule has 0 spiro atoms. The third-order valence-corrected chi connectivity index (χ3v) is 5.16. The van der Waals surface area contributed by atoms with Gasteiger partial charge in [0.15, 0.2) is 5.03 Å². The zero-order valence-corrected chi connectivity index (χ0v) is 11.6. The summed E-state index contributed by atoms with van der Waals surface area (Å²) in [5.41, 5.74) is 0.583. The number of anilines is 1. The molecule has 1 saturated heterocycles. The first kappa shape index (κ1) is 13.3. The van der Waals surface area contributed by atoms with Gasteiger partial charge in [0.25, 0.3) is 10.0 Å². The van der Waals surface area contributed by atoms with Crippen LogP contribution >= 0.6 is 0 Å². The Balaban J connectivity index is 2.41. The van der Waals surface area contributed by atoms with E-state index >= 15 is 0 Å². The van der Waals surface area contributed by atoms with Crippen molar-refractivity contribution in [1.29, 1.82) is 0 Å². The number of hydrogen-bond donors (Lipinski definition) is 1. The molecule has 1 aliphatic rings. The lowest BCUT2D eigenvalue weighted by atomic mass is 10.3. The van der Waals surface area contributed by atoms with Crippen molar-refractivity contribution < 1.29 is 8.42 Å². The molecule has 1 N–H and O–H groups in total. The molecule has 18 heavy (non-hydrogen) atoms. The monoisotopic (exact) mass is 269 g/mol. The summed E-state index contributed by atoms with van der Waals surface area (Å²) in [4.78, 5) is 4.06. The summed E-state index contributed by atoms with van der Waals surface area (Å²) < 4.78 is 26.7. The van der Waals surface area contributed by atoms with Crippen molar-refractivity contribution in [1.82, 2.24) is 9.29 Å². The van der Waals surface area contributed by atoms with Gasteiger partial charge in [-0.15, -0.1) is 0 Å². The van der Waals surface area contributed by atoms with Crippen LogP contribution in [0.1, 0.15) is 26.7 Å². The molecule has 1 aliphatic heterocycles. The van der Waals surface area contributed by atoms with Gasteiger partial charge in [0.05, 0.1) is 5.69 Å². The van der Waals surface area contributed by atoms with Crippen LogP contribution in [0, 0.1) is 0 Å². The van der Waals surface area contributed by atoms with Crippen molar-refractivity contribution in [3.05, 3.63) is 18.3 Å². The van der Waals surface area contributed by atoms with E-state index in [2.05, 4.69) is 10.3 Å². The highest BCUT2D eigenvalue weighted by Gasteiger charge is 2.34. The van der Waals surface area contributed by atoms with Crippen molar-refractivity contribution in [2.75, 3.05) is 18.4 Å². The van der Waals surface area contributed by atoms with E-state index in [1.165, 1.54) is 6.20 Å². The Bertz CT molecular complexity index is 516. The molecule has 0 amide bonds. The molecule has 1 aromatic heterocycles. The van der Waals surface area contributed by atoms with Gasteiger partial charge in [-0.1, -0.05) is 0 Å². The highest BCUT2D eigenvalue weighted by Crippen LogP contribution is 2.28. The highest BCUT2D eigenvalue weighted by atomic mass is 32.2. The zero-order valence-electron chi connectivity index (χ0n) is 10.8. The van der Waals surface area contributed by atoms with Gasteiger partial charge in [0, 0.05) is 25.3 Å². The topological polar surface area (TPSA) is 62.3 Å². The lowest BCUT2D eigenvalue weighted by Crippen LogP contribution is -2.34. The van der Waals surface area contributed by atoms with Crippen LogP contribution in [0.2, 0.25) is 0 Å². The molecule has 1 fully saturated rings. The van der Waals surface area contributed by atoms with Crippen LogP contribution in [0.4, 0.5) is 5.69 Å². The summed E-state index contributed by atoms with van der Waals surface area (Å²) in [6, 6.07) is 3.56. The van der Waals surface area contributed by atoms with E-state index in [0.29, 0.717) is 18.8 Å². The molecule has 2 heterocycles. The maximum atomic E-state index is 12.6. The van der Waals surface area contributed by atoms with Crippen LogP contribution in [0.5, 0.6) is 0 Å². The molecule has 2 rings (SSSR count). The second-order valence-electron chi connectivity index (χ2n) is 4.49. The molecule has 0 aliphatic carbocycles. The van der Waals surface area contributed by atoms with E-state index in [0.717, 1.165) is 12.8 Å². The fourth-order valence-electron chi connectivity index (χ4n) is 2.30. The largest absolute Gasteiger partial charge is 0.383 e. The van der Waals surface area contributed by atoms with E-state index in [1.807, 2.05) is 13.8 Å². The van der Waals surface area contributed by atoms with Gasteiger partial charge in [-0.2, -0.15) is 4.31 Å². The number of aromatic nitrogens is 1. The Hall–Kier alpha value is -1.14. The Morgan fingerprint density at radius 3 is 2.94 bits per heavy atom. The van der Waals surface area contributed by atoms with Crippen molar-refractivity contribution in [3.63, 3.8) is 0 Å². The fraction of sp³-hybridized carbons (Fsp3) is 0.583. The first-order valence-corrected chi connectivity index (χ1v) is 7.72.